The number of piperidine rings is 1. The molecule has 2 aliphatic heterocycles. The van der Waals surface area contributed by atoms with Gasteiger partial charge in [0.2, 0.25) is 23.4 Å². The van der Waals surface area contributed by atoms with E-state index in [9.17, 15) is 9.59 Å². The average molecular weight is 495 g/mol. The lowest BCUT2D eigenvalue weighted by atomic mass is 9.83. The van der Waals surface area contributed by atoms with Gasteiger partial charge in [0, 0.05) is 55.7 Å². The first-order valence-corrected chi connectivity index (χ1v) is 12.1. The number of amides is 1. The Morgan fingerprint density at radius 2 is 1.86 bits per heavy atom. The third-order valence-electron chi connectivity index (χ3n) is 7.00. The van der Waals surface area contributed by atoms with Crippen molar-refractivity contribution in [3.05, 3.63) is 52.3 Å². The van der Waals surface area contributed by atoms with E-state index in [1.165, 1.54) is 0 Å². The molecule has 190 valence electrons. The Morgan fingerprint density at radius 3 is 2.58 bits per heavy atom. The highest BCUT2D eigenvalue weighted by Crippen LogP contribution is 2.40. The molecule has 0 radical (unpaired) electrons. The highest BCUT2D eigenvalue weighted by molar-refractivity contribution is 5.76. The summed E-state index contributed by atoms with van der Waals surface area (Å²) in [5.74, 6) is 3.03. The van der Waals surface area contributed by atoms with E-state index in [4.69, 9.17) is 18.7 Å². The van der Waals surface area contributed by atoms with Crippen LogP contribution in [0.3, 0.4) is 0 Å². The Hall–Kier alpha value is -3.82. The molecular formula is C26H30N4O6. The van der Waals surface area contributed by atoms with Crippen molar-refractivity contribution in [2.45, 2.75) is 38.1 Å². The Kier molecular flexibility index (Phi) is 6.67. The van der Waals surface area contributed by atoms with Gasteiger partial charge in [0.05, 0.1) is 21.3 Å². The van der Waals surface area contributed by atoms with Gasteiger partial charge in [0.15, 0.2) is 11.5 Å². The maximum atomic E-state index is 13.0. The van der Waals surface area contributed by atoms with Gasteiger partial charge in [-0.15, -0.1) is 0 Å². The summed E-state index contributed by atoms with van der Waals surface area (Å²) in [5, 5.41) is 4.09. The summed E-state index contributed by atoms with van der Waals surface area (Å²) in [5.41, 5.74) is 1.77. The minimum absolute atomic E-state index is 0.0485. The fourth-order valence-electron chi connectivity index (χ4n) is 5.33. The van der Waals surface area contributed by atoms with Gasteiger partial charge < -0.3 is 28.2 Å². The van der Waals surface area contributed by atoms with Crippen LogP contribution >= 0.6 is 0 Å². The Morgan fingerprint density at radius 1 is 1.08 bits per heavy atom. The van der Waals surface area contributed by atoms with Crippen LogP contribution in [0, 0.1) is 5.92 Å². The molecule has 0 saturated carbocycles. The number of likely N-dealkylation sites (tertiary alicyclic amines) is 1. The number of methoxy groups -OCH3 is 3. The number of ether oxygens (including phenoxy) is 3. The molecule has 2 aromatic heterocycles. The molecule has 2 aliphatic rings. The molecule has 1 amide bonds. The second kappa shape index (κ2) is 10.0. The third-order valence-corrected chi connectivity index (χ3v) is 7.00. The monoisotopic (exact) mass is 494 g/mol. The molecule has 2 unspecified atom stereocenters. The van der Waals surface area contributed by atoms with Crippen LogP contribution in [0.15, 0.2) is 39.6 Å². The number of hydrogen-bond donors (Lipinski definition) is 0. The molecule has 5 rings (SSSR count). The van der Waals surface area contributed by atoms with Crippen molar-refractivity contribution < 1.29 is 23.5 Å². The van der Waals surface area contributed by atoms with Crippen molar-refractivity contribution in [2.75, 3.05) is 34.4 Å². The van der Waals surface area contributed by atoms with Gasteiger partial charge >= 0.3 is 0 Å². The van der Waals surface area contributed by atoms with Crippen LogP contribution < -0.4 is 19.8 Å². The average Bonchev–Trinajstić information content (AvgIpc) is 3.37. The van der Waals surface area contributed by atoms with Crippen LogP contribution in [0.25, 0.3) is 11.4 Å². The third kappa shape index (κ3) is 4.55. The standard InChI is InChI=1S/C26H30N4O6/c1-33-20-11-17(12-21(34-2)25(20)35-3)26-27-22(36-28-26)7-5-8-23(31)29-13-16-10-18(15-29)19-6-4-9-24(32)30(19)14-16/h4,6,9,11-12,16,18H,5,7-8,10,13-15H2,1-3H3. The van der Waals surface area contributed by atoms with Crippen LogP contribution in [-0.2, 0) is 17.8 Å². The summed E-state index contributed by atoms with van der Waals surface area (Å²) in [6.45, 7) is 2.04. The molecular weight excluding hydrogens is 464 g/mol. The molecule has 0 N–H and O–H groups in total. The van der Waals surface area contributed by atoms with E-state index in [2.05, 4.69) is 10.1 Å². The van der Waals surface area contributed by atoms with Gasteiger partial charge in [-0.2, -0.15) is 4.98 Å². The summed E-state index contributed by atoms with van der Waals surface area (Å²) in [6.07, 6.45) is 2.54. The van der Waals surface area contributed by atoms with Gasteiger partial charge in [-0.25, -0.2) is 0 Å². The van der Waals surface area contributed by atoms with E-state index in [0.29, 0.717) is 79.3 Å². The van der Waals surface area contributed by atoms with E-state index in [1.807, 2.05) is 21.6 Å². The Labute approximate surface area is 208 Å². The number of carbonyl (C=O) groups is 1. The number of aromatic nitrogens is 3. The maximum absolute atomic E-state index is 13.0. The van der Waals surface area contributed by atoms with Gasteiger partial charge in [0.1, 0.15) is 0 Å². The molecule has 3 aromatic rings. The molecule has 1 saturated heterocycles. The molecule has 10 heteroatoms. The first-order chi connectivity index (χ1) is 17.5. The van der Waals surface area contributed by atoms with E-state index in [1.54, 1.807) is 39.5 Å². The van der Waals surface area contributed by atoms with E-state index < -0.39 is 0 Å². The minimum atomic E-state index is 0.0485. The molecule has 0 spiro atoms. The molecule has 0 aliphatic carbocycles. The summed E-state index contributed by atoms with van der Waals surface area (Å²) >= 11 is 0. The van der Waals surface area contributed by atoms with Crippen molar-refractivity contribution in [3.63, 3.8) is 0 Å². The first-order valence-electron chi connectivity index (χ1n) is 12.1. The van der Waals surface area contributed by atoms with Crippen LogP contribution in [0.2, 0.25) is 0 Å². The number of aryl methyl sites for hydroxylation is 1. The van der Waals surface area contributed by atoms with E-state index in [0.717, 1.165) is 12.1 Å². The molecule has 2 atom stereocenters. The fraction of sp³-hybridized carbons (Fsp3) is 0.462. The lowest BCUT2D eigenvalue weighted by Gasteiger charge is -2.42. The minimum Gasteiger partial charge on any atom is -0.493 e. The van der Waals surface area contributed by atoms with E-state index in [-0.39, 0.29) is 17.4 Å². The number of hydrogen-bond acceptors (Lipinski definition) is 8. The number of benzene rings is 1. The maximum Gasteiger partial charge on any atom is 0.250 e. The van der Waals surface area contributed by atoms with Crippen molar-refractivity contribution in [3.8, 4) is 28.6 Å². The molecule has 2 bridgehead atoms. The molecule has 1 fully saturated rings. The Bertz CT molecular complexity index is 1290. The van der Waals surface area contributed by atoms with Gasteiger partial charge in [-0.3, -0.25) is 9.59 Å². The van der Waals surface area contributed by atoms with Crippen molar-refractivity contribution in [2.24, 2.45) is 5.92 Å². The predicted octanol–water partition coefficient (Wildman–Crippen LogP) is 2.89. The topological polar surface area (TPSA) is 109 Å². The molecule has 10 nitrogen and oxygen atoms in total. The zero-order valence-corrected chi connectivity index (χ0v) is 20.7. The van der Waals surface area contributed by atoms with Crippen molar-refractivity contribution in [1.82, 2.24) is 19.6 Å². The van der Waals surface area contributed by atoms with Crippen molar-refractivity contribution in [1.29, 1.82) is 0 Å². The number of nitrogens with zero attached hydrogens (tertiary/aromatic N) is 4. The van der Waals surface area contributed by atoms with Crippen LogP contribution in [0.1, 0.15) is 36.8 Å². The van der Waals surface area contributed by atoms with Gasteiger partial charge in [0.25, 0.3) is 5.56 Å². The molecule has 36 heavy (non-hydrogen) atoms. The molecule has 1 aromatic carbocycles. The normalized spacial score (nSPS) is 18.5. The smallest absolute Gasteiger partial charge is 0.250 e. The predicted molar refractivity (Wildman–Crippen MR) is 130 cm³/mol. The lowest BCUT2D eigenvalue weighted by molar-refractivity contribution is -0.134. The fourth-order valence-corrected chi connectivity index (χ4v) is 5.33. The zero-order valence-electron chi connectivity index (χ0n) is 20.7. The number of carbonyl (C=O) groups excluding carboxylic acids is 1. The number of fused-ring (bicyclic) bond motifs is 4. The van der Waals surface area contributed by atoms with Crippen molar-refractivity contribution >= 4 is 5.91 Å². The van der Waals surface area contributed by atoms with Crippen LogP contribution in [-0.4, -0.2) is 59.9 Å². The largest absolute Gasteiger partial charge is 0.493 e. The highest BCUT2D eigenvalue weighted by atomic mass is 16.5. The molecule has 4 heterocycles. The number of rotatable bonds is 8. The second-order valence-corrected chi connectivity index (χ2v) is 9.28. The van der Waals surface area contributed by atoms with Gasteiger partial charge in [-0.05, 0) is 37.0 Å². The lowest BCUT2D eigenvalue weighted by Crippen LogP contribution is -2.49. The Balaban J connectivity index is 1.19. The first kappa shape index (κ1) is 23.9. The van der Waals surface area contributed by atoms with Crippen LogP contribution in [0.5, 0.6) is 17.2 Å². The second-order valence-electron chi connectivity index (χ2n) is 9.28. The number of pyridine rings is 1. The summed E-state index contributed by atoms with van der Waals surface area (Å²) in [7, 11) is 4.64. The SMILES string of the molecule is COc1cc(-c2noc(CCCC(=O)N3CC4CC(C3)c3cccc(=O)n3C4)n2)cc(OC)c1OC. The quantitative estimate of drug-likeness (QED) is 0.470. The van der Waals surface area contributed by atoms with Gasteiger partial charge in [-0.1, -0.05) is 11.2 Å². The zero-order chi connectivity index (χ0) is 25.2. The summed E-state index contributed by atoms with van der Waals surface area (Å²) in [4.78, 5) is 31.6. The van der Waals surface area contributed by atoms with E-state index >= 15 is 0 Å². The van der Waals surface area contributed by atoms with Crippen LogP contribution in [0.4, 0.5) is 0 Å². The summed E-state index contributed by atoms with van der Waals surface area (Å²) < 4.78 is 23.5. The highest BCUT2D eigenvalue weighted by Gasteiger charge is 2.36. The summed E-state index contributed by atoms with van der Waals surface area (Å²) in [6, 6.07) is 8.96.